The Morgan fingerprint density at radius 3 is 3.04 bits per heavy atom. The van der Waals surface area contributed by atoms with E-state index in [9.17, 15) is 4.79 Å². The van der Waals surface area contributed by atoms with Crippen molar-refractivity contribution in [2.24, 2.45) is 0 Å². The third kappa shape index (κ3) is 3.55. The molecule has 0 aliphatic carbocycles. The SMILES string of the molecule is Cc1cc2c(NCCC(=O)NCc3ccc4c(c3)OCO4)ncnc2s1. The molecule has 4 rings (SSSR count). The Hall–Kier alpha value is -2.87. The van der Waals surface area contributed by atoms with E-state index in [-0.39, 0.29) is 12.7 Å². The molecular formula is C18H18N4O3S. The van der Waals surface area contributed by atoms with Crippen molar-refractivity contribution in [2.75, 3.05) is 18.7 Å². The fraction of sp³-hybridized carbons (Fsp3) is 0.278. The van der Waals surface area contributed by atoms with Crippen LogP contribution in [0.5, 0.6) is 11.5 Å². The van der Waals surface area contributed by atoms with Crippen molar-refractivity contribution in [2.45, 2.75) is 19.9 Å². The highest BCUT2D eigenvalue weighted by Crippen LogP contribution is 2.32. The largest absolute Gasteiger partial charge is 0.454 e. The van der Waals surface area contributed by atoms with Crippen LogP contribution in [-0.4, -0.2) is 29.2 Å². The Balaban J connectivity index is 1.27. The van der Waals surface area contributed by atoms with Crippen LogP contribution in [0, 0.1) is 6.92 Å². The molecule has 1 aliphatic heterocycles. The van der Waals surface area contributed by atoms with E-state index < -0.39 is 0 Å². The summed E-state index contributed by atoms with van der Waals surface area (Å²) < 4.78 is 10.6. The molecule has 0 radical (unpaired) electrons. The molecule has 1 aromatic carbocycles. The third-order valence-electron chi connectivity index (χ3n) is 4.02. The minimum Gasteiger partial charge on any atom is -0.454 e. The van der Waals surface area contributed by atoms with Crippen LogP contribution in [0.15, 0.2) is 30.6 Å². The number of thiophene rings is 1. The molecule has 134 valence electrons. The molecule has 2 aromatic heterocycles. The Kier molecular flexibility index (Phi) is 4.57. The molecule has 0 spiro atoms. The van der Waals surface area contributed by atoms with E-state index in [0.29, 0.717) is 19.5 Å². The zero-order valence-electron chi connectivity index (χ0n) is 14.2. The van der Waals surface area contributed by atoms with Crippen LogP contribution in [0.25, 0.3) is 10.2 Å². The lowest BCUT2D eigenvalue weighted by Crippen LogP contribution is -2.25. The van der Waals surface area contributed by atoms with Gasteiger partial charge in [-0.15, -0.1) is 11.3 Å². The lowest BCUT2D eigenvalue weighted by Gasteiger charge is -2.08. The molecule has 26 heavy (non-hydrogen) atoms. The smallest absolute Gasteiger partial charge is 0.231 e. The van der Waals surface area contributed by atoms with Crippen LogP contribution in [0.1, 0.15) is 16.9 Å². The molecule has 7 nitrogen and oxygen atoms in total. The summed E-state index contributed by atoms with van der Waals surface area (Å²) in [6, 6.07) is 7.72. The summed E-state index contributed by atoms with van der Waals surface area (Å²) in [4.78, 5) is 22.7. The number of carbonyl (C=O) groups is 1. The van der Waals surface area contributed by atoms with Crippen LogP contribution in [-0.2, 0) is 11.3 Å². The molecule has 0 fully saturated rings. The topological polar surface area (TPSA) is 85.4 Å². The fourth-order valence-corrected chi connectivity index (χ4v) is 3.60. The van der Waals surface area contributed by atoms with E-state index >= 15 is 0 Å². The molecule has 8 heteroatoms. The molecule has 2 N–H and O–H groups in total. The molecule has 0 bridgehead atoms. The number of rotatable bonds is 6. The van der Waals surface area contributed by atoms with Gasteiger partial charge >= 0.3 is 0 Å². The highest BCUT2D eigenvalue weighted by atomic mass is 32.1. The Bertz CT molecular complexity index is 957. The van der Waals surface area contributed by atoms with Gasteiger partial charge < -0.3 is 20.1 Å². The molecule has 1 aliphatic rings. The molecule has 0 saturated carbocycles. The van der Waals surface area contributed by atoms with Crippen molar-refractivity contribution in [3.05, 3.63) is 41.0 Å². The summed E-state index contributed by atoms with van der Waals surface area (Å²) in [5.41, 5.74) is 0.974. The normalized spacial score (nSPS) is 12.3. The van der Waals surface area contributed by atoms with Gasteiger partial charge in [-0.25, -0.2) is 9.97 Å². The van der Waals surface area contributed by atoms with E-state index in [1.165, 1.54) is 4.88 Å². The second-order valence-electron chi connectivity index (χ2n) is 5.94. The van der Waals surface area contributed by atoms with Crippen molar-refractivity contribution in [3.63, 3.8) is 0 Å². The van der Waals surface area contributed by atoms with Crippen molar-refractivity contribution >= 4 is 33.3 Å². The molecule has 0 saturated heterocycles. The number of carbonyl (C=O) groups excluding carboxylic acids is 1. The van der Waals surface area contributed by atoms with E-state index in [0.717, 1.165) is 33.1 Å². The van der Waals surface area contributed by atoms with Gasteiger partial charge in [0.25, 0.3) is 0 Å². The van der Waals surface area contributed by atoms with Gasteiger partial charge in [-0.2, -0.15) is 0 Å². The zero-order valence-corrected chi connectivity index (χ0v) is 15.1. The first kappa shape index (κ1) is 16.6. The number of aromatic nitrogens is 2. The molecule has 0 atom stereocenters. The maximum Gasteiger partial charge on any atom is 0.231 e. The summed E-state index contributed by atoms with van der Waals surface area (Å²) in [6.07, 6.45) is 1.90. The van der Waals surface area contributed by atoms with Crippen LogP contribution in [0.2, 0.25) is 0 Å². The molecule has 1 amide bonds. The van der Waals surface area contributed by atoms with Crippen LogP contribution >= 0.6 is 11.3 Å². The minimum absolute atomic E-state index is 0.0260. The Morgan fingerprint density at radius 1 is 1.23 bits per heavy atom. The summed E-state index contributed by atoms with van der Waals surface area (Å²) >= 11 is 1.63. The van der Waals surface area contributed by atoms with Gasteiger partial charge in [0, 0.05) is 24.4 Å². The number of anilines is 1. The highest BCUT2D eigenvalue weighted by molar-refractivity contribution is 7.18. The van der Waals surface area contributed by atoms with Crippen molar-refractivity contribution in [1.29, 1.82) is 0 Å². The average molecular weight is 370 g/mol. The van der Waals surface area contributed by atoms with Crippen molar-refractivity contribution in [3.8, 4) is 11.5 Å². The quantitative estimate of drug-likeness (QED) is 0.694. The van der Waals surface area contributed by atoms with Gasteiger partial charge in [0.05, 0.1) is 5.39 Å². The van der Waals surface area contributed by atoms with Gasteiger partial charge in [0.1, 0.15) is 17.0 Å². The summed E-state index contributed by atoms with van der Waals surface area (Å²) in [6.45, 7) is 3.25. The van der Waals surface area contributed by atoms with E-state index in [1.54, 1.807) is 17.7 Å². The van der Waals surface area contributed by atoms with Crippen molar-refractivity contribution in [1.82, 2.24) is 15.3 Å². The Morgan fingerprint density at radius 2 is 2.12 bits per heavy atom. The predicted octanol–water partition coefficient (Wildman–Crippen LogP) is 2.85. The predicted molar refractivity (Wildman–Crippen MR) is 99.7 cm³/mol. The maximum atomic E-state index is 12.1. The lowest BCUT2D eigenvalue weighted by atomic mass is 10.2. The van der Waals surface area contributed by atoms with Gasteiger partial charge in [-0.1, -0.05) is 6.07 Å². The van der Waals surface area contributed by atoms with Gasteiger partial charge in [0.15, 0.2) is 11.5 Å². The van der Waals surface area contributed by atoms with Gasteiger partial charge in [-0.05, 0) is 30.7 Å². The van der Waals surface area contributed by atoms with E-state index in [1.807, 2.05) is 25.1 Å². The van der Waals surface area contributed by atoms with Gasteiger partial charge in [-0.3, -0.25) is 4.79 Å². The first-order valence-electron chi connectivity index (χ1n) is 8.29. The second kappa shape index (κ2) is 7.17. The monoisotopic (exact) mass is 370 g/mol. The van der Waals surface area contributed by atoms with Crippen LogP contribution in [0.4, 0.5) is 5.82 Å². The lowest BCUT2D eigenvalue weighted by molar-refractivity contribution is -0.121. The summed E-state index contributed by atoms with van der Waals surface area (Å²) in [5.74, 6) is 2.20. The van der Waals surface area contributed by atoms with Crippen LogP contribution in [0.3, 0.4) is 0 Å². The number of fused-ring (bicyclic) bond motifs is 2. The molecular weight excluding hydrogens is 352 g/mol. The van der Waals surface area contributed by atoms with Gasteiger partial charge in [0.2, 0.25) is 12.7 Å². The number of benzene rings is 1. The summed E-state index contributed by atoms with van der Waals surface area (Å²) in [7, 11) is 0. The fourth-order valence-electron chi connectivity index (χ4n) is 2.75. The number of amides is 1. The molecule has 3 aromatic rings. The molecule has 3 heterocycles. The number of aryl methyl sites for hydroxylation is 1. The first-order chi connectivity index (χ1) is 12.7. The Labute approximate surface area is 154 Å². The van der Waals surface area contributed by atoms with Crippen LogP contribution < -0.4 is 20.1 Å². The van der Waals surface area contributed by atoms with Crippen molar-refractivity contribution < 1.29 is 14.3 Å². The van der Waals surface area contributed by atoms with E-state index in [4.69, 9.17) is 9.47 Å². The standard InChI is InChI=1S/C18H18N4O3S/c1-11-6-13-17(21-9-22-18(13)26-11)19-5-4-16(23)20-8-12-2-3-14-15(7-12)25-10-24-14/h2-3,6-7,9H,4-5,8,10H2,1H3,(H,20,23)(H,19,21,22). The maximum absolute atomic E-state index is 12.1. The first-order valence-corrected chi connectivity index (χ1v) is 9.11. The summed E-state index contributed by atoms with van der Waals surface area (Å²) in [5, 5.41) is 7.13. The molecule has 0 unspecified atom stereocenters. The minimum atomic E-state index is -0.0260. The number of nitrogens with zero attached hydrogens (tertiary/aromatic N) is 2. The number of nitrogens with one attached hydrogen (secondary N) is 2. The second-order valence-corrected chi connectivity index (χ2v) is 7.17. The zero-order chi connectivity index (χ0) is 17.9. The highest BCUT2D eigenvalue weighted by Gasteiger charge is 2.13. The van der Waals surface area contributed by atoms with E-state index in [2.05, 4.69) is 26.7 Å². The average Bonchev–Trinajstić information content (AvgIpc) is 3.25. The number of hydrogen-bond donors (Lipinski definition) is 2. The third-order valence-corrected chi connectivity index (χ3v) is 4.98. The number of ether oxygens (including phenoxy) is 2. The number of hydrogen-bond acceptors (Lipinski definition) is 7.